The number of rotatable bonds is 5. The molecule has 28 heavy (non-hydrogen) atoms. The van der Waals surface area contributed by atoms with Crippen molar-refractivity contribution in [2.24, 2.45) is 0 Å². The maximum atomic E-state index is 11.8. The van der Waals surface area contributed by atoms with Gasteiger partial charge in [0.25, 0.3) is 5.91 Å². The van der Waals surface area contributed by atoms with Crippen LogP contribution in [-0.2, 0) is 4.79 Å². The smallest absolute Gasteiger partial charge is 0.326 e. The zero-order valence-electron chi connectivity index (χ0n) is 14.8. The lowest BCUT2D eigenvalue weighted by atomic mass is 10.2. The van der Waals surface area contributed by atoms with Crippen molar-refractivity contribution in [1.82, 2.24) is 30.2 Å². The zero-order valence-corrected chi connectivity index (χ0v) is 15.6. The Hall–Kier alpha value is -3.47. The van der Waals surface area contributed by atoms with Gasteiger partial charge in [0.15, 0.2) is 10.8 Å². The minimum atomic E-state index is -0.543. The van der Waals surface area contributed by atoms with Crippen LogP contribution in [0.1, 0.15) is 23.3 Å². The van der Waals surface area contributed by atoms with Crippen molar-refractivity contribution in [3.63, 3.8) is 0 Å². The lowest BCUT2D eigenvalue weighted by molar-refractivity contribution is -0.115. The van der Waals surface area contributed by atoms with Gasteiger partial charge in [-0.2, -0.15) is 9.61 Å². The minimum Gasteiger partial charge on any atom is -0.367 e. The van der Waals surface area contributed by atoms with E-state index >= 15 is 0 Å². The Balaban J connectivity index is 1.57. The van der Waals surface area contributed by atoms with Gasteiger partial charge < -0.3 is 16.0 Å². The number of aryl methyl sites for hydroxylation is 1. The summed E-state index contributed by atoms with van der Waals surface area (Å²) in [6, 6.07) is 1.76. The number of nitrogens with zero attached hydrogens (tertiary/aromatic N) is 4. The molecule has 1 aliphatic carbocycles. The fraction of sp³-hybridized carbons (Fsp3) is 0.235. The number of hydrogen-bond donors (Lipinski definition) is 4. The average molecular weight is 396 g/mol. The summed E-state index contributed by atoms with van der Waals surface area (Å²) >= 11 is 1.54. The van der Waals surface area contributed by atoms with Crippen LogP contribution in [0.25, 0.3) is 11.7 Å². The van der Waals surface area contributed by atoms with Gasteiger partial charge in [-0.05, 0) is 25.8 Å². The maximum absolute atomic E-state index is 11.8. The average Bonchev–Trinajstić information content (AvgIpc) is 3.08. The summed E-state index contributed by atoms with van der Waals surface area (Å²) in [6.45, 7) is 1.99. The number of carbonyl (C=O) groups is 2. The Labute approximate surface area is 163 Å². The molecular weight excluding hydrogens is 380 g/mol. The van der Waals surface area contributed by atoms with Gasteiger partial charge in [0.05, 0.1) is 6.20 Å². The third kappa shape index (κ3) is 3.16. The number of urea groups is 1. The summed E-state index contributed by atoms with van der Waals surface area (Å²) in [4.78, 5) is 33.2. The van der Waals surface area contributed by atoms with Crippen LogP contribution in [0.3, 0.4) is 0 Å². The molecule has 0 aromatic carbocycles. The summed E-state index contributed by atoms with van der Waals surface area (Å²) < 4.78 is 1.69. The second-order valence-electron chi connectivity index (χ2n) is 6.65. The molecule has 1 aliphatic heterocycles. The molecular formula is C17H16N8O2S. The van der Waals surface area contributed by atoms with Gasteiger partial charge in [-0.3, -0.25) is 10.1 Å². The second kappa shape index (κ2) is 6.30. The van der Waals surface area contributed by atoms with E-state index in [2.05, 4.69) is 36.3 Å². The van der Waals surface area contributed by atoms with Crippen LogP contribution in [0.15, 0.2) is 24.2 Å². The first-order valence-corrected chi connectivity index (χ1v) is 9.55. The van der Waals surface area contributed by atoms with E-state index in [1.807, 2.05) is 13.0 Å². The molecule has 3 aromatic heterocycles. The van der Waals surface area contributed by atoms with Crippen LogP contribution in [0.4, 0.5) is 21.6 Å². The molecule has 0 bridgehead atoms. The molecule has 1 saturated heterocycles. The lowest BCUT2D eigenvalue weighted by Crippen LogP contribution is -2.22. The van der Waals surface area contributed by atoms with E-state index in [-0.39, 0.29) is 5.70 Å². The third-order valence-corrected chi connectivity index (χ3v) is 5.13. The van der Waals surface area contributed by atoms with Crippen molar-refractivity contribution in [3.8, 4) is 0 Å². The third-order valence-electron chi connectivity index (χ3n) is 4.30. The Morgan fingerprint density at radius 2 is 2.14 bits per heavy atom. The maximum Gasteiger partial charge on any atom is 0.326 e. The van der Waals surface area contributed by atoms with Crippen LogP contribution in [0.2, 0.25) is 0 Å². The van der Waals surface area contributed by atoms with Crippen LogP contribution >= 0.6 is 11.3 Å². The number of aromatic nitrogens is 4. The molecule has 0 unspecified atom stereocenters. The fourth-order valence-electron chi connectivity index (χ4n) is 2.85. The molecule has 2 fully saturated rings. The number of hydrogen-bond acceptors (Lipinski definition) is 8. The highest BCUT2D eigenvalue weighted by atomic mass is 32.1. The summed E-state index contributed by atoms with van der Waals surface area (Å²) in [5.74, 6) is 0.936. The SMILES string of the molecule is Cc1cnc(Nc2cc(NC3CC3)n3ncc(/C=C4\NC(=O)NC4=O)c3n2)s1. The van der Waals surface area contributed by atoms with Crippen molar-refractivity contribution in [2.45, 2.75) is 25.8 Å². The second-order valence-corrected chi connectivity index (χ2v) is 7.88. The number of amides is 3. The van der Waals surface area contributed by atoms with Gasteiger partial charge in [0.2, 0.25) is 0 Å². The molecule has 3 aromatic rings. The summed E-state index contributed by atoms with van der Waals surface area (Å²) in [6.07, 6.45) is 7.20. The molecule has 5 rings (SSSR count). The zero-order chi connectivity index (χ0) is 19.3. The first-order chi connectivity index (χ1) is 13.5. The highest BCUT2D eigenvalue weighted by Gasteiger charge is 2.25. The first-order valence-electron chi connectivity index (χ1n) is 8.74. The van der Waals surface area contributed by atoms with Gasteiger partial charge in [-0.15, -0.1) is 11.3 Å². The Kier molecular flexibility index (Phi) is 3.76. The summed E-state index contributed by atoms with van der Waals surface area (Å²) in [5, 5.41) is 16.5. The molecule has 0 spiro atoms. The summed E-state index contributed by atoms with van der Waals surface area (Å²) in [7, 11) is 0. The van der Waals surface area contributed by atoms with E-state index in [4.69, 9.17) is 0 Å². The predicted octanol–water partition coefficient (Wildman–Crippen LogP) is 1.99. The first kappa shape index (κ1) is 16.7. The van der Waals surface area contributed by atoms with E-state index in [1.54, 1.807) is 23.0 Å². The van der Waals surface area contributed by atoms with Gasteiger partial charge in [-0.25, -0.2) is 14.8 Å². The molecule has 1 saturated carbocycles. The van der Waals surface area contributed by atoms with Crippen molar-refractivity contribution in [2.75, 3.05) is 10.6 Å². The number of thiazole rings is 1. The normalized spacial score (nSPS) is 17.8. The van der Waals surface area contributed by atoms with E-state index < -0.39 is 11.9 Å². The van der Waals surface area contributed by atoms with Crippen molar-refractivity contribution in [1.29, 1.82) is 0 Å². The van der Waals surface area contributed by atoms with Gasteiger partial charge >= 0.3 is 6.03 Å². The topological polar surface area (TPSA) is 125 Å². The van der Waals surface area contributed by atoms with Crippen LogP contribution in [0, 0.1) is 6.92 Å². The standard InChI is InChI=1S/C17H16N8O2S/c1-8-6-18-17(28-8)23-12-5-13(20-10-2-3-10)25-14(22-12)9(7-19-25)4-11-15(26)24-16(27)21-11/h4-7,10,20H,2-3H2,1H3,(H,18,22,23)(H2,21,24,26,27)/b11-4-. The van der Waals surface area contributed by atoms with E-state index in [1.165, 1.54) is 11.3 Å². The van der Waals surface area contributed by atoms with E-state index in [0.29, 0.717) is 23.1 Å². The highest BCUT2D eigenvalue weighted by Crippen LogP contribution is 2.29. The number of anilines is 3. The van der Waals surface area contributed by atoms with Crippen LogP contribution in [-0.4, -0.2) is 37.6 Å². The van der Waals surface area contributed by atoms with Crippen LogP contribution in [0.5, 0.6) is 0 Å². The lowest BCUT2D eigenvalue weighted by Gasteiger charge is -2.10. The molecule has 2 aliphatic rings. The van der Waals surface area contributed by atoms with Crippen LogP contribution < -0.4 is 21.3 Å². The number of nitrogens with one attached hydrogen (secondary N) is 4. The Morgan fingerprint density at radius 3 is 2.82 bits per heavy atom. The predicted molar refractivity (Wildman–Crippen MR) is 104 cm³/mol. The number of fused-ring (bicyclic) bond motifs is 1. The molecule has 4 N–H and O–H groups in total. The number of imide groups is 1. The molecule has 10 nitrogen and oxygen atoms in total. The van der Waals surface area contributed by atoms with Crippen molar-refractivity contribution in [3.05, 3.63) is 34.6 Å². The van der Waals surface area contributed by atoms with E-state index in [9.17, 15) is 9.59 Å². The highest BCUT2D eigenvalue weighted by molar-refractivity contribution is 7.15. The Morgan fingerprint density at radius 1 is 1.29 bits per heavy atom. The summed E-state index contributed by atoms with van der Waals surface area (Å²) in [5.41, 5.74) is 1.33. The van der Waals surface area contributed by atoms with Gasteiger partial charge in [-0.1, -0.05) is 0 Å². The molecule has 11 heteroatoms. The molecule has 3 amide bonds. The molecule has 142 valence electrons. The van der Waals surface area contributed by atoms with Crippen molar-refractivity contribution >= 4 is 51.8 Å². The minimum absolute atomic E-state index is 0.160. The molecule has 0 radical (unpaired) electrons. The molecule has 0 atom stereocenters. The Bertz CT molecular complexity index is 1140. The fourth-order valence-corrected chi connectivity index (χ4v) is 3.52. The number of carbonyl (C=O) groups excluding carboxylic acids is 2. The monoisotopic (exact) mass is 396 g/mol. The quantitative estimate of drug-likeness (QED) is 0.384. The molecule has 4 heterocycles. The largest absolute Gasteiger partial charge is 0.367 e. The van der Waals surface area contributed by atoms with Gasteiger partial charge in [0, 0.05) is 28.7 Å². The van der Waals surface area contributed by atoms with Crippen molar-refractivity contribution < 1.29 is 9.59 Å². The van der Waals surface area contributed by atoms with E-state index in [0.717, 1.165) is 28.7 Å². The van der Waals surface area contributed by atoms with Gasteiger partial charge in [0.1, 0.15) is 17.3 Å².